The number of methoxy groups -OCH3 is 1. The molecule has 0 atom stereocenters. The van der Waals surface area contributed by atoms with Gasteiger partial charge < -0.3 is 4.74 Å². The summed E-state index contributed by atoms with van der Waals surface area (Å²) < 4.78 is 6.95. The molecule has 0 radical (unpaired) electrons. The van der Waals surface area contributed by atoms with Crippen molar-refractivity contribution in [2.75, 3.05) is 7.11 Å². The standard InChI is InChI=1S/C14H15N2O3/c1-19-11-15-8-6-13(7-9-15)10-12-2-4-14(5-3-12)16(17)18/h2-9H,10-11H2,1H3/q+1. The van der Waals surface area contributed by atoms with E-state index >= 15 is 0 Å². The van der Waals surface area contributed by atoms with E-state index in [4.69, 9.17) is 4.74 Å². The van der Waals surface area contributed by atoms with Gasteiger partial charge in [-0.25, -0.2) is 0 Å². The average Bonchev–Trinajstić information content (AvgIpc) is 2.42. The molecule has 0 fully saturated rings. The van der Waals surface area contributed by atoms with Gasteiger partial charge in [0.15, 0.2) is 12.4 Å². The van der Waals surface area contributed by atoms with Gasteiger partial charge in [-0.05, 0) is 17.5 Å². The fraction of sp³-hybridized carbons (Fsp3) is 0.214. The Kier molecular flexibility index (Phi) is 4.20. The van der Waals surface area contributed by atoms with Gasteiger partial charge in [-0.3, -0.25) is 10.1 Å². The summed E-state index contributed by atoms with van der Waals surface area (Å²) in [5.41, 5.74) is 2.33. The fourth-order valence-corrected chi connectivity index (χ4v) is 1.81. The van der Waals surface area contributed by atoms with Crippen LogP contribution in [0, 0.1) is 10.1 Å². The number of hydrogen-bond donors (Lipinski definition) is 0. The van der Waals surface area contributed by atoms with Crippen LogP contribution >= 0.6 is 0 Å². The Bertz CT molecular complexity index is 550. The summed E-state index contributed by atoms with van der Waals surface area (Å²) in [5.74, 6) is 0. The lowest BCUT2D eigenvalue weighted by atomic mass is 10.1. The molecule has 1 heterocycles. The van der Waals surface area contributed by atoms with Crippen molar-refractivity contribution in [3.63, 3.8) is 0 Å². The molecule has 0 spiro atoms. The van der Waals surface area contributed by atoms with Gasteiger partial charge in [0.25, 0.3) is 12.4 Å². The van der Waals surface area contributed by atoms with Crippen LogP contribution in [0.25, 0.3) is 0 Å². The third-order valence-corrected chi connectivity index (χ3v) is 2.79. The monoisotopic (exact) mass is 259 g/mol. The second-order valence-corrected chi connectivity index (χ2v) is 4.24. The van der Waals surface area contributed by atoms with Gasteiger partial charge in [0.05, 0.1) is 4.92 Å². The maximum atomic E-state index is 10.6. The Hall–Kier alpha value is -2.27. The minimum atomic E-state index is -0.389. The van der Waals surface area contributed by atoms with Gasteiger partial charge in [-0.2, -0.15) is 4.57 Å². The SMILES string of the molecule is COC[n+]1ccc(Cc2ccc([N+](=O)[O-])cc2)cc1. The molecular weight excluding hydrogens is 244 g/mol. The predicted octanol–water partition coefficient (Wildman–Crippen LogP) is 2.08. The molecule has 0 aliphatic carbocycles. The number of nitro groups is 1. The molecule has 0 saturated heterocycles. The molecule has 0 aliphatic heterocycles. The Morgan fingerprint density at radius 1 is 1.11 bits per heavy atom. The summed E-state index contributed by atoms with van der Waals surface area (Å²) in [7, 11) is 1.65. The van der Waals surface area contributed by atoms with E-state index in [1.807, 2.05) is 29.1 Å². The highest BCUT2D eigenvalue weighted by atomic mass is 16.6. The lowest BCUT2D eigenvalue weighted by molar-refractivity contribution is -0.731. The first-order valence-corrected chi connectivity index (χ1v) is 5.89. The zero-order chi connectivity index (χ0) is 13.7. The number of pyridine rings is 1. The number of aromatic nitrogens is 1. The van der Waals surface area contributed by atoms with Crippen LogP contribution in [0.1, 0.15) is 11.1 Å². The zero-order valence-electron chi connectivity index (χ0n) is 10.7. The van der Waals surface area contributed by atoms with Crippen LogP contribution in [0.3, 0.4) is 0 Å². The van der Waals surface area contributed by atoms with Crippen LogP contribution in [0.15, 0.2) is 48.8 Å². The quantitative estimate of drug-likeness (QED) is 0.469. The van der Waals surface area contributed by atoms with Crippen LogP contribution in [-0.4, -0.2) is 12.0 Å². The minimum Gasteiger partial charge on any atom is -0.327 e. The van der Waals surface area contributed by atoms with E-state index in [1.54, 1.807) is 19.2 Å². The van der Waals surface area contributed by atoms with E-state index in [0.717, 1.165) is 17.5 Å². The van der Waals surface area contributed by atoms with Crippen molar-refractivity contribution >= 4 is 5.69 Å². The van der Waals surface area contributed by atoms with Crippen molar-refractivity contribution in [2.45, 2.75) is 13.2 Å². The molecule has 0 N–H and O–H groups in total. The lowest BCUT2D eigenvalue weighted by Crippen LogP contribution is -2.33. The van der Waals surface area contributed by atoms with Gasteiger partial charge >= 0.3 is 0 Å². The lowest BCUT2D eigenvalue weighted by Gasteiger charge is -2.01. The molecular formula is C14H15N2O3+. The number of ether oxygens (including phenoxy) is 1. The minimum absolute atomic E-state index is 0.120. The van der Waals surface area contributed by atoms with Crippen LogP contribution in [0.4, 0.5) is 5.69 Å². The summed E-state index contributed by atoms with van der Waals surface area (Å²) in [6, 6.07) is 10.7. The van der Waals surface area contributed by atoms with E-state index < -0.39 is 0 Å². The molecule has 5 nitrogen and oxygen atoms in total. The van der Waals surface area contributed by atoms with E-state index in [0.29, 0.717) is 6.73 Å². The summed E-state index contributed by atoms with van der Waals surface area (Å²) in [6.07, 6.45) is 4.65. The molecule has 0 unspecified atom stereocenters. The van der Waals surface area contributed by atoms with Crippen molar-refractivity contribution in [1.82, 2.24) is 0 Å². The van der Waals surface area contributed by atoms with Gasteiger partial charge in [-0.1, -0.05) is 12.1 Å². The third kappa shape index (κ3) is 3.59. The summed E-state index contributed by atoms with van der Waals surface area (Å²) >= 11 is 0. The van der Waals surface area contributed by atoms with Gasteiger partial charge in [0.2, 0.25) is 0 Å². The average molecular weight is 259 g/mol. The molecule has 19 heavy (non-hydrogen) atoms. The van der Waals surface area contributed by atoms with Crippen LogP contribution in [0.5, 0.6) is 0 Å². The maximum Gasteiger partial charge on any atom is 0.269 e. The number of hydrogen-bond acceptors (Lipinski definition) is 3. The second-order valence-electron chi connectivity index (χ2n) is 4.24. The van der Waals surface area contributed by atoms with Crippen LogP contribution in [0.2, 0.25) is 0 Å². The first kappa shape index (κ1) is 13.2. The Morgan fingerprint density at radius 3 is 2.21 bits per heavy atom. The Labute approximate surface area is 111 Å². The molecule has 2 aromatic rings. The molecule has 0 amide bonds. The third-order valence-electron chi connectivity index (χ3n) is 2.79. The predicted molar refractivity (Wildman–Crippen MR) is 69.5 cm³/mol. The molecule has 0 saturated carbocycles. The van der Waals surface area contributed by atoms with Gasteiger partial charge in [-0.15, -0.1) is 0 Å². The molecule has 98 valence electrons. The smallest absolute Gasteiger partial charge is 0.269 e. The topological polar surface area (TPSA) is 56.2 Å². The van der Waals surface area contributed by atoms with Crippen molar-refractivity contribution in [1.29, 1.82) is 0 Å². The normalized spacial score (nSPS) is 10.4. The Morgan fingerprint density at radius 2 is 1.68 bits per heavy atom. The van der Waals surface area contributed by atoms with E-state index in [1.165, 1.54) is 12.1 Å². The first-order chi connectivity index (χ1) is 9.19. The highest BCUT2D eigenvalue weighted by Gasteiger charge is 2.05. The molecule has 1 aromatic carbocycles. The molecule has 0 aliphatic rings. The second kappa shape index (κ2) is 6.06. The summed E-state index contributed by atoms with van der Waals surface area (Å²) in [4.78, 5) is 10.2. The van der Waals surface area contributed by atoms with E-state index in [-0.39, 0.29) is 10.6 Å². The number of benzene rings is 1. The molecule has 2 rings (SSSR count). The number of non-ortho nitro benzene ring substituents is 1. The molecule has 5 heteroatoms. The van der Waals surface area contributed by atoms with Gasteiger partial charge in [0, 0.05) is 31.4 Å². The number of nitro benzene ring substituents is 1. The highest BCUT2D eigenvalue weighted by molar-refractivity contribution is 5.34. The fourth-order valence-electron chi connectivity index (χ4n) is 1.81. The van der Waals surface area contributed by atoms with Crippen LogP contribution in [-0.2, 0) is 17.9 Å². The zero-order valence-corrected chi connectivity index (χ0v) is 10.7. The molecule has 1 aromatic heterocycles. The Balaban J connectivity index is 2.06. The first-order valence-electron chi connectivity index (χ1n) is 5.89. The highest BCUT2D eigenvalue weighted by Crippen LogP contribution is 2.14. The van der Waals surface area contributed by atoms with Crippen molar-refractivity contribution in [2.24, 2.45) is 0 Å². The van der Waals surface area contributed by atoms with E-state index in [9.17, 15) is 10.1 Å². The molecule has 0 bridgehead atoms. The maximum absolute atomic E-state index is 10.6. The van der Waals surface area contributed by atoms with Gasteiger partial charge in [0.1, 0.15) is 0 Å². The largest absolute Gasteiger partial charge is 0.327 e. The van der Waals surface area contributed by atoms with Crippen molar-refractivity contribution in [3.8, 4) is 0 Å². The summed E-state index contributed by atoms with van der Waals surface area (Å²) in [6.45, 7) is 0.526. The summed E-state index contributed by atoms with van der Waals surface area (Å²) in [5, 5.41) is 10.6. The van der Waals surface area contributed by atoms with Crippen LogP contribution < -0.4 is 4.57 Å². The number of rotatable bonds is 5. The van der Waals surface area contributed by atoms with Crippen molar-refractivity contribution in [3.05, 3.63) is 70.0 Å². The number of nitrogens with zero attached hydrogens (tertiary/aromatic N) is 2. The van der Waals surface area contributed by atoms with Crippen molar-refractivity contribution < 1.29 is 14.2 Å². The van der Waals surface area contributed by atoms with E-state index in [2.05, 4.69) is 0 Å².